The highest BCUT2D eigenvalue weighted by molar-refractivity contribution is 5.90. The monoisotopic (exact) mass is 274 g/mol. The number of allylic oxidation sites excluding steroid dienone is 1. The van der Waals surface area contributed by atoms with Crippen molar-refractivity contribution in [1.82, 2.24) is 10.2 Å². The lowest BCUT2D eigenvalue weighted by atomic mass is 9.89. The van der Waals surface area contributed by atoms with Crippen molar-refractivity contribution in [3.63, 3.8) is 0 Å². The predicted molar refractivity (Wildman–Crippen MR) is 74.6 cm³/mol. The maximum Gasteiger partial charge on any atom is 0.332 e. The van der Waals surface area contributed by atoms with Gasteiger partial charge in [-0.3, -0.25) is 4.79 Å². The zero-order valence-electron chi connectivity index (χ0n) is 11.8. The third kappa shape index (κ3) is 2.66. The molecule has 1 heterocycles. The summed E-state index contributed by atoms with van der Waals surface area (Å²) in [4.78, 5) is 24.8. The number of likely N-dealkylation sites (tertiary alicyclic amines) is 1. The molecule has 5 nitrogen and oxygen atoms in total. The predicted octanol–water partition coefficient (Wildman–Crippen LogP) is 1.23. The first-order valence-corrected chi connectivity index (χ1v) is 6.39. The van der Waals surface area contributed by atoms with Gasteiger partial charge in [-0.2, -0.15) is 0 Å². The molecule has 1 aromatic carbocycles. The maximum atomic E-state index is 12.0. The Labute approximate surface area is 118 Å². The Hall–Kier alpha value is -2.30. The number of rotatable bonds is 4. The molecule has 1 N–H and O–H groups in total. The summed E-state index contributed by atoms with van der Waals surface area (Å²) in [6.07, 6.45) is 1.34. The number of ether oxygens (including phenoxy) is 1. The van der Waals surface area contributed by atoms with Crippen LogP contribution in [0, 0.1) is 0 Å². The van der Waals surface area contributed by atoms with Gasteiger partial charge in [-0.15, -0.1) is 0 Å². The lowest BCUT2D eigenvalue weighted by Crippen LogP contribution is -2.62. The van der Waals surface area contributed by atoms with Crippen LogP contribution in [0.25, 0.3) is 0 Å². The summed E-state index contributed by atoms with van der Waals surface area (Å²) in [6.45, 7) is 1.74. The largest absolute Gasteiger partial charge is 0.466 e. The van der Waals surface area contributed by atoms with Gasteiger partial charge in [0.15, 0.2) is 0 Å². The number of hydrogen-bond donors (Lipinski definition) is 1. The second-order valence-corrected chi connectivity index (χ2v) is 4.78. The van der Waals surface area contributed by atoms with Crippen molar-refractivity contribution in [2.75, 3.05) is 14.2 Å². The van der Waals surface area contributed by atoms with Crippen LogP contribution >= 0.6 is 0 Å². The highest BCUT2D eigenvalue weighted by Gasteiger charge is 2.45. The molecule has 1 saturated heterocycles. The average Bonchev–Trinajstić information content (AvgIpc) is 2.47. The second-order valence-electron chi connectivity index (χ2n) is 4.78. The van der Waals surface area contributed by atoms with Crippen LogP contribution in [0.2, 0.25) is 0 Å². The summed E-state index contributed by atoms with van der Waals surface area (Å²) in [5.74, 6) is -0.428. The zero-order chi connectivity index (χ0) is 14.7. The zero-order valence-corrected chi connectivity index (χ0v) is 11.8. The van der Waals surface area contributed by atoms with E-state index < -0.39 is 5.97 Å². The quantitative estimate of drug-likeness (QED) is 0.510. The van der Waals surface area contributed by atoms with Crippen LogP contribution in [0.1, 0.15) is 18.5 Å². The Morgan fingerprint density at radius 1 is 1.35 bits per heavy atom. The number of benzene rings is 1. The number of carbonyl (C=O) groups is 2. The summed E-state index contributed by atoms with van der Waals surface area (Å²) >= 11 is 0. The first-order valence-electron chi connectivity index (χ1n) is 6.39. The molecular weight excluding hydrogens is 256 g/mol. The summed E-state index contributed by atoms with van der Waals surface area (Å²) in [5, 5.41) is 3.08. The van der Waals surface area contributed by atoms with Crippen LogP contribution in [0.4, 0.5) is 0 Å². The number of methoxy groups -OCH3 is 1. The van der Waals surface area contributed by atoms with E-state index in [-0.39, 0.29) is 18.0 Å². The molecule has 0 aromatic heterocycles. The van der Waals surface area contributed by atoms with Gasteiger partial charge in [0.2, 0.25) is 5.91 Å². The van der Waals surface area contributed by atoms with E-state index in [0.717, 1.165) is 5.56 Å². The molecule has 2 rings (SSSR count). The average molecular weight is 274 g/mol. The molecule has 1 aliphatic heterocycles. The molecule has 0 bridgehead atoms. The van der Waals surface area contributed by atoms with Crippen LogP contribution in [0.5, 0.6) is 0 Å². The number of carbonyl (C=O) groups excluding carboxylic acids is 2. The summed E-state index contributed by atoms with van der Waals surface area (Å²) < 4.78 is 4.56. The van der Waals surface area contributed by atoms with Crippen LogP contribution in [-0.2, 0) is 14.3 Å². The third-order valence-corrected chi connectivity index (χ3v) is 3.41. The van der Waals surface area contributed by atoms with Gasteiger partial charge in [-0.1, -0.05) is 30.3 Å². The highest BCUT2D eigenvalue weighted by Crippen LogP contribution is 2.33. The standard InChI is InChI=1S/C15H18N2O3/c1-10(9-12(18)20-3)16-13-14(17(2)15(13)19)11-7-5-4-6-8-11/h4-9,13-14,16H,1-3H3. The molecule has 5 heteroatoms. The number of nitrogens with one attached hydrogen (secondary N) is 1. The first kappa shape index (κ1) is 14.1. The van der Waals surface area contributed by atoms with Gasteiger partial charge in [0.25, 0.3) is 0 Å². The van der Waals surface area contributed by atoms with Crippen molar-refractivity contribution < 1.29 is 14.3 Å². The smallest absolute Gasteiger partial charge is 0.332 e. The van der Waals surface area contributed by atoms with Gasteiger partial charge in [0.05, 0.1) is 13.2 Å². The van der Waals surface area contributed by atoms with Gasteiger partial charge < -0.3 is 15.0 Å². The van der Waals surface area contributed by atoms with Crippen LogP contribution in [0.3, 0.4) is 0 Å². The van der Waals surface area contributed by atoms with E-state index in [1.54, 1.807) is 18.9 Å². The molecule has 106 valence electrons. The number of amides is 1. The first-order chi connectivity index (χ1) is 9.54. The fraction of sp³-hybridized carbons (Fsp3) is 0.333. The molecule has 0 aliphatic carbocycles. The van der Waals surface area contributed by atoms with Crippen LogP contribution in [0.15, 0.2) is 42.1 Å². The Balaban J connectivity index is 2.12. The third-order valence-electron chi connectivity index (χ3n) is 3.41. The van der Waals surface area contributed by atoms with E-state index in [1.807, 2.05) is 30.3 Å². The van der Waals surface area contributed by atoms with E-state index in [4.69, 9.17) is 0 Å². The molecule has 0 spiro atoms. The molecule has 2 atom stereocenters. The molecule has 2 unspecified atom stereocenters. The lowest BCUT2D eigenvalue weighted by Gasteiger charge is -2.45. The molecule has 1 fully saturated rings. The van der Waals surface area contributed by atoms with Gasteiger partial charge >= 0.3 is 5.97 Å². The van der Waals surface area contributed by atoms with Crippen molar-refractivity contribution in [3.05, 3.63) is 47.7 Å². The van der Waals surface area contributed by atoms with Crippen molar-refractivity contribution in [2.24, 2.45) is 0 Å². The SMILES string of the molecule is COC(=O)C=C(C)NC1C(=O)N(C)C1c1ccccc1. The van der Waals surface area contributed by atoms with E-state index in [1.165, 1.54) is 13.2 Å². The number of esters is 1. The van der Waals surface area contributed by atoms with E-state index >= 15 is 0 Å². The molecule has 0 radical (unpaired) electrons. The molecule has 20 heavy (non-hydrogen) atoms. The number of likely N-dealkylation sites (N-methyl/N-ethyl adjacent to an activating group) is 1. The fourth-order valence-corrected chi connectivity index (χ4v) is 2.36. The molecule has 0 saturated carbocycles. The molecule has 1 aliphatic rings. The van der Waals surface area contributed by atoms with Gasteiger partial charge in [-0.05, 0) is 12.5 Å². The Morgan fingerprint density at radius 3 is 2.60 bits per heavy atom. The van der Waals surface area contributed by atoms with E-state index in [9.17, 15) is 9.59 Å². The van der Waals surface area contributed by atoms with Crippen molar-refractivity contribution >= 4 is 11.9 Å². The van der Waals surface area contributed by atoms with Gasteiger partial charge in [0, 0.05) is 18.8 Å². The number of hydrogen-bond acceptors (Lipinski definition) is 4. The van der Waals surface area contributed by atoms with Gasteiger partial charge in [-0.25, -0.2) is 4.79 Å². The minimum Gasteiger partial charge on any atom is -0.466 e. The van der Waals surface area contributed by atoms with Crippen molar-refractivity contribution in [1.29, 1.82) is 0 Å². The summed E-state index contributed by atoms with van der Waals surface area (Å²) in [6, 6.07) is 9.44. The number of β-lactam (4-membered cyclic amide) rings is 1. The second kappa shape index (κ2) is 5.77. The van der Waals surface area contributed by atoms with Crippen LogP contribution < -0.4 is 5.32 Å². The molecule has 1 amide bonds. The Kier molecular flexibility index (Phi) is 4.08. The Morgan fingerprint density at radius 2 is 2.00 bits per heavy atom. The summed E-state index contributed by atoms with van der Waals surface area (Å²) in [7, 11) is 3.10. The molecular formula is C15H18N2O3. The molecule has 1 aromatic rings. The minimum absolute atomic E-state index is 0.0106. The Bertz CT molecular complexity index is 539. The van der Waals surface area contributed by atoms with E-state index in [2.05, 4.69) is 10.1 Å². The van der Waals surface area contributed by atoms with Crippen molar-refractivity contribution in [2.45, 2.75) is 19.0 Å². The van der Waals surface area contributed by atoms with Crippen molar-refractivity contribution in [3.8, 4) is 0 Å². The summed E-state index contributed by atoms with van der Waals surface area (Å²) in [5.41, 5.74) is 1.68. The van der Waals surface area contributed by atoms with Crippen LogP contribution in [-0.4, -0.2) is 37.0 Å². The fourth-order valence-electron chi connectivity index (χ4n) is 2.36. The van der Waals surface area contributed by atoms with Gasteiger partial charge in [0.1, 0.15) is 6.04 Å². The van der Waals surface area contributed by atoms with E-state index in [0.29, 0.717) is 5.70 Å². The topological polar surface area (TPSA) is 58.6 Å². The normalized spacial score (nSPS) is 22.2. The highest BCUT2D eigenvalue weighted by atomic mass is 16.5. The maximum absolute atomic E-state index is 12.0. The lowest BCUT2D eigenvalue weighted by molar-refractivity contribution is -0.148. The number of nitrogens with zero attached hydrogens (tertiary/aromatic N) is 1. The minimum atomic E-state index is -0.439.